The van der Waals surface area contributed by atoms with E-state index in [1.807, 2.05) is 6.20 Å². The minimum Gasteiger partial charge on any atom is -0.304 e. The maximum Gasteiger partial charge on any atom is 0.241 e. The Morgan fingerprint density at radius 1 is 0.880 bits per heavy atom. The molecule has 25 heavy (non-hydrogen) atoms. The lowest BCUT2D eigenvalue weighted by molar-refractivity contribution is -0.674. The highest BCUT2D eigenvalue weighted by atomic mass is 15.2. The summed E-state index contributed by atoms with van der Waals surface area (Å²) in [6, 6.07) is 21.4. The van der Waals surface area contributed by atoms with Gasteiger partial charge in [0.25, 0.3) is 0 Å². The number of hydrogen-bond acceptors (Lipinski definition) is 1. The Hall–Kier alpha value is -3.40. The summed E-state index contributed by atoms with van der Waals surface area (Å²) in [7, 11) is 0. The van der Waals surface area contributed by atoms with Crippen LogP contribution < -0.4 is 4.57 Å². The molecular formula is C21H15N4+. The van der Waals surface area contributed by atoms with Crippen molar-refractivity contribution in [3.8, 4) is 17.1 Å². The minimum atomic E-state index is 0.773. The number of fused-ring (bicyclic) bond motifs is 2. The molecule has 0 atom stereocenters. The third-order valence-corrected chi connectivity index (χ3v) is 5.09. The zero-order valence-corrected chi connectivity index (χ0v) is 13.5. The van der Waals surface area contributed by atoms with Crippen molar-refractivity contribution >= 4 is 21.9 Å². The van der Waals surface area contributed by atoms with Crippen LogP contribution in [0.3, 0.4) is 0 Å². The highest BCUT2D eigenvalue weighted by molar-refractivity contribution is 6.12. The van der Waals surface area contributed by atoms with Gasteiger partial charge in [-0.1, -0.05) is 30.3 Å². The van der Waals surface area contributed by atoms with Crippen molar-refractivity contribution in [1.82, 2.24) is 14.1 Å². The molecule has 4 heteroatoms. The van der Waals surface area contributed by atoms with Crippen molar-refractivity contribution in [3.05, 3.63) is 79.3 Å². The van der Waals surface area contributed by atoms with Gasteiger partial charge in [0, 0.05) is 29.7 Å². The van der Waals surface area contributed by atoms with Crippen molar-refractivity contribution in [1.29, 1.82) is 0 Å². The van der Waals surface area contributed by atoms with Crippen LogP contribution in [0.2, 0.25) is 0 Å². The van der Waals surface area contributed by atoms with E-state index in [1.54, 1.807) is 0 Å². The van der Waals surface area contributed by atoms with E-state index in [2.05, 4.69) is 91.7 Å². The first-order valence-corrected chi connectivity index (χ1v) is 8.44. The molecule has 0 radical (unpaired) electrons. The van der Waals surface area contributed by atoms with E-state index >= 15 is 0 Å². The first-order valence-electron chi connectivity index (χ1n) is 8.44. The lowest BCUT2D eigenvalue weighted by atomic mass is 10.1. The van der Waals surface area contributed by atoms with Gasteiger partial charge in [0.1, 0.15) is 11.3 Å². The van der Waals surface area contributed by atoms with Crippen LogP contribution in [0.25, 0.3) is 39.0 Å². The van der Waals surface area contributed by atoms with Gasteiger partial charge in [-0.05, 0) is 24.3 Å². The molecule has 1 aliphatic rings. The molecule has 0 saturated carbocycles. The maximum absolute atomic E-state index is 4.63. The summed E-state index contributed by atoms with van der Waals surface area (Å²) >= 11 is 0. The Kier molecular flexibility index (Phi) is 2.37. The zero-order valence-electron chi connectivity index (χ0n) is 13.5. The van der Waals surface area contributed by atoms with Gasteiger partial charge in [0.05, 0.1) is 10.9 Å². The monoisotopic (exact) mass is 323 g/mol. The molecule has 0 spiro atoms. The third-order valence-electron chi connectivity index (χ3n) is 5.09. The van der Waals surface area contributed by atoms with Gasteiger partial charge in [0.2, 0.25) is 12.2 Å². The highest BCUT2D eigenvalue weighted by Crippen LogP contribution is 2.37. The van der Waals surface area contributed by atoms with Crippen LogP contribution in [0.4, 0.5) is 0 Å². The molecule has 0 unspecified atom stereocenters. The topological polar surface area (TPSA) is 26.6 Å². The average Bonchev–Trinajstić information content (AvgIpc) is 3.21. The number of hydrogen-bond donors (Lipinski definition) is 0. The summed E-state index contributed by atoms with van der Waals surface area (Å²) in [5, 5.41) is 1.27. The fraction of sp³-hybridized carbons (Fsp3) is 0.0476. The van der Waals surface area contributed by atoms with E-state index < -0.39 is 0 Å². The number of pyridine rings is 1. The van der Waals surface area contributed by atoms with Gasteiger partial charge in [0.15, 0.2) is 6.20 Å². The van der Waals surface area contributed by atoms with Gasteiger partial charge in [-0.25, -0.2) is 4.98 Å². The van der Waals surface area contributed by atoms with Crippen molar-refractivity contribution in [2.45, 2.75) is 6.67 Å². The Balaban J connectivity index is 1.89. The maximum atomic E-state index is 4.63. The molecule has 5 aromatic rings. The fourth-order valence-corrected chi connectivity index (χ4v) is 4.09. The molecule has 1 aliphatic heterocycles. The molecule has 0 aliphatic carbocycles. The molecule has 0 N–H and O–H groups in total. The number of rotatable bonds is 1. The van der Waals surface area contributed by atoms with E-state index in [1.165, 1.54) is 33.2 Å². The van der Waals surface area contributed by atoms with Crippen LogP contribution in [0, 0.1) is 0 Å². The number of imidazole rings is 1. The SMILES string of the molecule is c1ccc(-n2c3cccc4c3c3c2ccc[n+]3Cn2ccnc2-4)cc1. The number of benzene rings is 2. The van der Waals surface area contributed by atoms with E-state index in [9.17, 15) is 0 Å². The van der Waals surface area contributed by atoms with E-state index in [0.29, 0.717) is 0 Å². The molecule has 118 valence electrons. The van der Waals surface area contributed by atoms with E-state index in [-0.39, 0.29) is 0 Å². The van der Waals surface area contributed by atoms with Crippen molar-refractivity contribution < 1.29 is 4.57 Å². The lowest BCUT2D eigenvalue weighted by Crippen LogP contribution is -2.36. The Bertz CT molecular complexity index is 1260. The van der Waals surface area contributed by atoms with Crippen LogP contribution in [0.1, 0.15) is 0 Å². The molecule has 2 aromatic carbocycles. The molecule has 6 rings (SSSR count). The normalized spacial score (nSPS) is 12.6. The Morgan fingerprint density at radius 3 is 2.68 bits per heavy atom. The minimum absolute atomic E-state index is 0.773. The second-order valence-electron chi connectivity index (χ2n) is 6.44. The summed E-state index contributed by atoms with van der Waals surface area (Å²) in [6.07, 6.45) is 6.09. The van der Waals surface area contributed by atoms with Gasteiger partial charge < -0.3 is 4.57 Å². The molecule has 0 fully saturated rings. The molecule has 0 bridgehead atoms. The van der Waals surface area contributed by atoms with Crippen LogP contribution >= 0.6 is 0 Å². The third kappa shape index (κ3) is 1.61. The largest absolute Gasteiger partial charge is 0.304 e. The molecule has 3 aromatic heterocycles. The highest BCUT2D eigenvalue weighted by Gasteiger charge is 2.27. The van der Waals surface area contributed by atoms with Crippen LogP contribution in [-0.2, 0) is 6.67 Å². The Labute approximate surface area is 144 Å². The first kappa shape index (κ1) is 13.0. The molecule has 4 heterocycles. The van der Waals surface area contributed by atoms with Crippen LogP contribution in [0.5, 0.6) is 0 Å². The second kappa shape index (κ2) is 4.57. The summed E-state index contributed by atoms with van der Waals surface area (Å²) in [6.45, 7) is 0.773. The summed E-state index contributed by atoms with van der Waals surface area (Å²) in [5.41, 5.74) is 6.08. The molecular weight excluding hydrogens is 308 g/mol. The van der Waals surface area contributed by atoms with Crippen molar-refractivity contribution in [3.63, 3.8) is 0 Å². The van der Waals surface area contributed by atoms with Crippen molar-refractivity contribution in [2.24, 2.45) is 0 Å². The van der Waals surface area contributed by atoms with Gasteiger partial charge >= 0.3 is 0 Å². The standard InChI is InChI=1S/C21H15N4/c1-2-6-15(7-3-1)25-17-9-4-8-16-19(17)20-18(25)10-5-12-23(20)14-24-13-11-22-21(16)24/h1-13H,14H2/q+1. The van der Waals surface area contributed by atoms with Gasteiger partial charge in [-0.2, -0.15) is 4.57 Å². The van der Waals surface area contributed by atoms with Crippen LogP contribution in [0.15, 0.2) is 79.3 Å². The lowest BCUT2D eigenvalue weighted by Gasteiger charge is -2.08. The Morgan fingerprint density at radius 2 is 1.76 bits per heavy atom. The zero-order chi connectivity index (χ0) is 16.4. The predicted octanol–water partition coefficient (Wildman–Crippen LogP) is 3.75. The van der Waals surface area contributed by atoms with Gasteiger partial charge in [-0.15, -0.1) is 0 Å². The molecule has 0 amide bonds. The van der Waals surface area contributed by atoms with E-state index in [4.69, 9.17) is 0 Å². The quantitative estimate of drug-likeness (QED) is 0.423. The number of nitrogens with zero attached hydrogens (tertiary/aromatic N) is 4. The molecule has 4 nitrogen and oxygen atoms in total. The average molecular weight is 323 g/mol. The number of para-hydroxylation sites is 1. The first-order chi connectivity index (χ1) is 12.4. The predicted molar refractivity (Wildman–Crippen MR) is 97.6 cm³/mol. The summed E-state index contributed by atoms with van der Waals surface area (Å²) < 4.78 is 6.88. The van der Waals surface area contributed by atoms with E-state index in [0.717, 1.165) is 12.5 Å². The number of aromatic nitrogens is 4. The fourth-order valence-electron chi connectivity index (χ4n) is 4.09. The van der Waals surface area contributed by atoms with Crippen LogP contribution in [-0.4, -0.2) is 14.1 Å². The second-order valence-corrected chi connectivity index (χ2v) is 6.44. The van der Waals surface area contributed by atoms with Gasteiger partial charge in [-0.3, -0.25) is 4.57 Å². The smallest absolute Gasteiger partial charge is 0.241 e. The summed E-state index contributed by atoms with van der Waals surface area (Å²) in [4.78, 5) is 4.63. The summed E-state index contributed by atoms with van der Waals surface area (Å²) in [5.74, 6) is 1.03. The van der Waals surface area contributed by atoms with Crippen molar-refractivity contribution in [2.75, 3.05) is 0 Å². The molecule has 0 saturated heterocycles.